The minimum Gasteiger partial charge on any atom is -0.550 e. The molecular formula is C17H15BrNO4-. The molecule has 1 atom stereocenters. The molecular weight excluding hydrogens is 362 g/mol. The molecule has 1 N–H and O–H groups in total. The van der Waals surface area contributed by atoms with Gasteiger partial charge in [0.2, 0.25) is 0 Å². The van der Waals surface area contributed by atoms with Crippen LogP contribution in [0.25, 0.3) is 0 Å². The van der Waals surface area contributed by atoms with Crippen molar-refractivity contribution >= 4 is 27.8 Å². The zero-order valence-corrected chi connectivity index (χ0v) is 14.0. The Morgan fingerprint density at radius 3 is 2.48 bits per heavy atom. The predicted octanol–water partition coefficient (Wildman–Crippen LogP) is 2.07. The van der Waals surface area contributed by atoms with Crippen LogP contribution in [0.3, 0.4) is 0 Å². The Balaban J connectivity index is 2.20. The van der Waals surface area contributed by atoms with E-state index in [2.05, 4.69) is 21.2 Å². The molecule has 0 bridgehead atoms. The van der Waals surface area contributed by atoms with Gasteiger partial charge in [-0.2, -0.15) is 0 Å². The highest BCUT2D eigenvalue weighted by Crippen LogP contribution is 2.21. The molecule has 0 saturated heterocycles. The lowest BCUT2D eigenvalue weighted by atomic mass is 10.0. The molecule has 0 heterocycles. The van der Waals surface area contributed by atoms with E-state index in [0.717, 1.165) is 4.47 Å². The minimum absolute atomic E-state index is 0.313. The lowest BCUT2D eigenvalue weighted by Crippen LogP contribution is -2.34. The Labute approximate surface area is 142 Å². The largest absolute Gasteiger partial charge is 0.550 e. The Bertz CT molecular complexity index is 700. The van der Waals surface area contributed by atoms with Gasteiger partial charge in [-0.1, -0.05) is 34.1 Å². The van der Waals surface area contributed by atoms with Crippen LogP contribution in [-0.2, 0) is 4.79 Å². The first-order valence-electron chi connectivity index (χ1n) is 6.90. The summed E-state index contributed by atoms with van der Waals surface area (Å²) >= 11 is 3.30. The van der Waals surface area contributed by atoms with Crippen LogP contribution >= 0.6 is 15.9 Å². The molecule has 6 heteroatoms. The number of carbonyl (C=O) groups excluding carboxylic acids is 2. The Morgan fingerprint density at radius 1 is 1.22 bits per heavy atom. The molecule has 0 unspecified atom stereocenters. The van der Waals surface area contributed by atoms with Gasteiger partial charge in [0.1, 0.15) is 5.75 Å². The predicted molar refractivity (Wildman–Crippen MR) is 87.0 cm³/mol. The zero-order chi connectivity index (χ0) is 16.8. The maximum atomic E-state index is 12.3. The molecule has 0 saturated carbocycles. The number of aliphatic carboxylic acids is 1. The monoisotopic (exact) mass is 376 g/mol. The van der Waals surface area contributed by atoms with Gasteiger partial charge in [0.25, 0.3) is 5.91 Å². The van der Waals surface area contributed by atoms with Crippen LogP contribution in [0.1, 0.15) is 28.4 Å². The summed E-state index contributed by atoms with van der Waals surface area (Å²) in [7, 11) is 1.54. The summed E-state index contributed by atoms with van der Waals surface area (Å²) in [5, 5.41) is 13.7. The quantitative estimate of drug-likeness (QED) is 0.836. The second-order valence-electron chi connectivity index (χ2n) is 4.89. The van der Waals surface area contributed by atoms with Crippen molar-refractivity contribution in [3.05, 3.63) is 64.1 Å². The summed E-state index contributed by atoms with van der Waals surface area (Å²) in [5.74, 6) is -0.937. The number of methoxy groups -OCH3 is 1. The normalized spacial score (nSPS) is 11.6. The molecule has 0 spiro atoms. The number of benzene rings is 2. The molecule has 120 valence electrons. The van der Waals surface area contributed by atoms with Crippen molar-refractivity contribution in [2.75, 3.05) is 7.11 Å². The third-order valence-electron chi connectivity index (χ3n) is 3.28. The van der Waals surface area contributed by atoms with Crippen molar-refractivity contribution in [3.8, 4) is 5.75 Å². The first-order chi connectivity index (χ1) is 11.0. The summed E-state index contributed by atoms with van der Waals surface area (Å²) in [4.78, 5) is 23.3. The van der Waals surface area contributed by atoms with Crippen molar-refractivity contribution in [3.63, 3.8) is 0 Å². The number of carboxylic acid groups (broad SMARTS) is 1. The van der Waals surface area contributed by atoms with E-state index in [9.17, 15) is 14.7 Å². The molecule has 2 aromatic rings. The SMILES string of the molecule is COc1ccc([C@@H](CC(=O)[O-])NC(=O)c2cccc(Br)c2)cc1. The van der Waals surface area contributed by atoms with Gasteiger partial charge >= 0.3 is 0 Å². The average molecular weight is 377 g/mol. The summed E-state index contributed by atoms with van der Waals surface area (Å²) in [5.41, 5.74) is 1.11. The molecule has 23 heavy (non-hydrogen) atoms. The zero-order valence-electron chi connectivity index (χ0n) is 12.4. The molecule has 0 aliphatic heterocycles. The van der Waals surface area contributed by atoms with E-state index in [4.69, 9.17) is 4.74 Å². The smallest absolute Gasteiger partial charge is 0.251 e. The Kier molecular flexibility index (Phi) is 5.76. The van der Waals surface area contributed by atoms with Crippen LogP contribution < -0.4 is 15.2 Å². The number of ether oxygens (including phenoxy) is 1. The van der Waals surface area contributed by atoms with Crippen molar-refractivity contribution in [2.45, 2.75) is 12.5 Å². The van der Waals surface area contributed by atoms with Crippen molar-refractivity contribution in [1.29, 1.82) is 0 Å². The number of carboxylic acids is 1. The lowest BCUT2D eigenvalue weighted by Gasteiger charge is -2.20. The number of amides is 1. The van der Waals surface area contributed by atoms with Gasteiger partial charge in [0.05, 0.1) is 13.2 Å². The fourth-order valence-electron chi connectivity index (χ4n) is 2.13. The molecule has 0 aliphatic rings. The molecule has 1 amide bonds. The molecule has 0 radical (unpaired) electrons. The summed E-state index contributed by atoms with van der Waals surface area (Å²) in [6.45, 7) is 0. The van der Waals surface area contributed by atoms with Crippen molar-refractivity contribution in [1.82, 2.24) is 5.32 Å². The van der Waals surface area contributed by atoms with Crippen LogP contribution in [0, 0.1) is 0 Å². The summed E-state index contributed by atoms with van der Waals surface area (Å²) in [6, 6.07) is 13.0. The van der Waals surface area contributed by atoms with Crippen molar-refractivity contribution in [2.24, 2.45) is 0 Å². The average Bonchev–Trinajstić information content (AvgIpc) is 2.54. The lowest BCUT2D eigenvalue weighted by molar-refractivity contribution is -0.306. The molecule has 2 aromatic carbocycles. The van der Waals surface area contributed by atoms with Gasteiger partial charge in [0, 0.05) is 22.4 Å². The van der Waals surface area contributed by atoms with Crippen molar-refractivity contribution < 1.29 is 19.4 Å². The van der Waals surface area contributed by atoms with Gasteiger partial charge in [-0.15, -0.1) is 0 Å². The first kappa shape index (κ1) is 17.0. The van der Waals surface area contributed by atoms with E-state index in [1.165, 1.54) is 0 Å². The van der Waals surface area contributed by atoms with E-state index in [1.807, 2.05) is 0 Å². The highest BCUT2D eigenvalue weighted by Gasteiger charge is 2.16. The van der Waals surface area contributed by atoms with E-state index in [1.54, 1.807) is 55.6 Å². The topological polar surface area (TPSA) is 78.5 Å². The van der Waals surface area contributed by atoms with E-state index in [0.29, 0.717) is 16.9 Å². The van der Waals surface area contributed by atoms with Crippen LogP contribution in [0.5, 0.6) is 5.75 Å². The number of nitrogens with one attached hydrogen (secondary N) is 1. The van der Waals surface area contributed by atoms with Gasteiger partial charge < -0.3 is 20.0 Å². The standard InChI is InChI=1S/C17H16BrNO4/c1-23-14-7-5-11(6-8-14)15(10-16(20)21)19-17(22)12-3-2-4-13(18)9-12/h2-9,15H,10H2,1H3,(H,19,22)(H,20,21)/p-1/t15-/m1/s1. The van der Waals surface area contributed by atoms with Gasteiger partial charge in [-0.25, -0.2) is 0 Å². The van der Waals surface area contributed by atoms with E-state index in [-0.39, 0.29) is 12.3 Å². The van der Waals surface area contributed by atoms with E-state index >= 15 is 0 Å². The number of carbonyl (C=O) groups is 2. The fourth-order valence-corrected chi connectivity index (χ4v) is 2.53. The third-order valence-corrected chi connectivity index (χ3v) is 3.77. The second kappa shape index (κ2) is 7.78. The molecule has 0 aromatic heterocycles. The molecule has 2 rings (SSSR count). The highest BCUT2D eigenvalue weighted by atomic mass is 79.9. The highest BCUT2D eigenvalue weighted by molar-refractivity contribution is 9.10. The molecule has 0 aliphatic carbocycles. The van der Waals surface area contributed by atoms with E-state index < -0.39 is 12.0 Å². The van der Waals surface area contributed by atoms with Gasteiger partial charge in [0.15, 0.2) is 0 Å². The molecule has 5 nitrogen and oxygen atoms in total. The van der Waals surface area contributed by atoms with Crippen LogP contribution in [0.2, 0.25) is 0 Å². The minimum atomic E-state index is -1.24. The number of hydrogen-bond donors (Lipinski definition) is 1. The third kappa shape index (κ3) is 4.82. The maximum Gasteiger partial charge on any atom is 0.251 e. The van der Waals surface area contributed by atoms with Crippen LogP contribution in [0.4, 0.5) is 0 Å². The maximum absolute atomic E-state index is 12.3. The fraction of sp³-hybridized carbons (Fsp3) is 0.176. The van der Waals surface area contributed by atoms with Crippen LogP contribution in [0.15, 0.2) is 53.0 Å². The summed E-state index contributed by atoms with van der Waals surface area (Å²) in [6.07, 6.45) is -0.313. The van der Waals surface area contributed by atoms with Gasteiger partial charge in [-0.05, 0) is 35.9 Å². The molecule has 0 fully saturated rings. The van der Waals surface area contributed by atoms with Crippen LogP contribution in [-0.4, -0.2) is 19.0 Å². The van der Waals surface area contributed by atoms with Gasteiger partial charge in [-0.3, -0.25) is 4.79 Å². The number of hydrogen-bond acceptors (Lipinski definition) is 4. The summed E-state index contributed by atoms with van der Waals surface area (Å²) < 4.78 is 5.84. The Morgan fingerprint density at radius 2 is 1.91 bits per heavy atom. The second-order valence-corrected chi connectivity index (χ2v) is 5.80. The first-order valence-corrected chi connectivity index (χ1v) is 7.69. The number of rotatable bonds is 6. The Hall–Kier alpha value is -2.34. The number of halogens is 1.